The average molecular weight is 393 g/mol. The smallest absolute Gasteiger partial charge is 0.309 e. The molecule has 5 heteroatoms. The van der Waals surface area contributed by atoms with Gasteiger partial charge in [0.1, 0.15) is 12.3 Å². The molecule has 3 rings (SSSR count). The number of ether oxygens (including phenoxy) is 1. The Balaban J connectivity index is 1.72. The third-order valence-corrected chi connectivity index (χ3v) is 5.30. The summed E-state index contributed by atoms with van der Waals surface area (Å²) in [5, 5.41) is 12.5. The molecule has 1 aliphatic heterocycles. The zero-order chi connectivity index (χ0) is 17.1. The van der Waals surface area contributed by atoms with E-state index in [1.807, 2.05) is 19.1 Å². The Morgan fingerprint density at radius 3 is 2.75 bits per heavy atom. The van der Waals surface area contributed by atoms with Crippen molar-refractivity contribution in [2.75, 3.05) is 19.7 Å². The maximum atomic E-state index is 11.8. The van der Waals surface area contributed by atoms with Crippen LogP contribution in [0, 0.1) is 5.92 Å². The second-order valence-electron chi connectivity index (χ2n) is 6.38. The van der Waals surface area contributed by atoms with Gasteiger partial charge >= 0.3 is 5.97 Å². The SMILES string of the molecule is CCOC(=O)C1CC[NH+](Cc2c(O)ccc3cc(Br)ccc23)CC1. The molecule has 0 atom stereocenters. The molecule has 2 N–H and O–H groups in total. The van der Waals surface area contributed by atoms with Gasteiger partial charge in [-0.15, -0.1) is 0 Å². The zero-order valence-corrected chi connectivity index (χ0v) is 15.4. The molecule has 1 aliphatic rings. The molecule has 1 saturated heterocycles. The number of hydrogen-bond acceptors (Lipinski definition) is 3. The summed E-state index contributed by atoms with van der Waals surface area (Å²) in [6.07, 6.45) is 1.70. The first-order valence-electron chi connectivity index (χ1n) is 8.48. The van der Waals surface area contributed by atoms with Crippen molar-refractivity contribution < 1.29 is 19.5 Å². The Hall–Kier alpha value is -1.59. The summed E-state index contributed by atoms with van der Waals surface area (Å²) in [5.41, 5.74) is 0.990. The number of hydrogen-bond donors (Lipinski definition) is 2. The van der Waals surface area contributed by atoms with Gasteiger partial charge < -0.3 is 14.7 Å². The summed E-state index contributed by atoms with van der Waals surface area (Å²) in [7, 11) is 0. The highest BCUT2D eigenvalue weighted by molar-refractivity contribution is 9.10. The van der Waals surface area contributed by atoms with Gasteiger partial charge in [-0.25, -0.2) is 0 Å². The molecular formula is C19H23BrNO3+. The molecule has 2 aromatic carbocycles. The quantitative estimate of drug-likeness (QED) is 0.786. The fraction of sp³-hybridized carbons (Fsp3) is 0.421. The van der Waals surface area contributed by atoms with Gasteiger partial charge in [-0.1, -0.05) is 28.1 Å². The van der Waals surface area contributed by atoms with Crippen LogP contribution in [0.5, 0.6) is 5.75 Å². The lowest BCUT2D eigenvalue weighted by Gasteiger charge is -2.28. The first-order chi connectivity index (χ1) is 11.6. The van der Waals surface area contributed by atoms with Crippen molar-refractivity contribution in [2.45, 2.75) is 26.3 Å². The van der Waals surface area contributed by atoms with E-state index in [0.717, 1.165) is 53.3 Å². The number of likely N-dealkylation sites (tertiary alicyclic amines) is 1. The molecule has 1 heterocycles. The van der Waals surface area contributed by atoms with Crippen LogP contribution in [0.25, 0.3) is 10.8 Å². The van der Waals surface area contributed by atoms with E-state index in [2.05, 4.69) is 28.1 Å². The Kier molecular flexibility index (Phi) is 5.41. The third-order valence-electron chi connectivity index (χ3n) is 4.81. The lowest BCUT2D eigenvalue weighted by atomic mass is 9.96. The van der Waals surface area contributed by atoms with Crippen molar-refractivity contribution >= 4 is 32.7 Å². The molecule has 128 valence electrons. The minimum Gasteiger partial charge on any atom is -0.507 e. The van der Waals surface area contributed by atoms with Gasteiger partial charge in [0.2, 0.25) is 0 Å². The lowest BCUT2D eigenvalue weighted by Crippen LogP contribution is -3.11. The van der Waals surface area contributed by atoms with E-state index < -0.39 is 0 Å². The van der Waals surface area contributed by atoms with Crippen LogP contribution in [0.1, 0.15) is 25.3 Å². The Morgan fingerprint density at radius 2 is 2.04 bits per heavy atom. The van der Waals surface area contributed by atoms with Crippen molar-refractivity contribution in [3.05, 3.63) is 40.4 Å². The number of nitrogens with one attached hydrogen (secondary N) is 1. The fourth-order valence-electron chi connectivity index (χ4n) is 3.49. The topological polar surface area (TPSA) is 51.0 Å². The number of phenolic OH excluding ortho intramolecular Hbond substituents is 1. The van der Waals surface area contributed by atoms with Crippen LogP contribution in [-0.2, 0) is 16.1 Å². The first-order valence-corrected chi connectivity index (χ1v) is 9.28. The van der Waals surface area contributed by atoms with E-state index in [-0.39, 0.29) is 11.9 Å². The molecule has 2 aromatic rings. The van der Waals surface area contributed by atoms with Crippen LogP contribution in [0.3, 0.4) is 0 Å². The molecule has 24 heavy (non-hydrogen) atoms. The molecular weight excluding hydrogens is 370 g/mol. The highest BCUT2D eigenvalue weighted by atomic mass is 79.9. The van der Waals surface area contributed by atoms with Crippen molar-refractivity contribution in [2.24, 2.45) is 5.92 Å². The summed E-state index contributed by atoms with van der Waals surface area (Å²) in [5.74, 6) is 0.324. The zero-order valence-electron chi connectivity index (χ0n) is 13.8. The number of carbonyl (C=O) groups excluding carboxylic acids is 1. The number of carbonyl (C=O) groups is 1. The van der Waals surface area contributed by atoms with Gasteiger partial charge in [-0.3, -0.25) is 4.79 Å². The Morgan fingerprint density at radius 1 is 1.29 bits per heavy atom. The van der Waals surface area contributed by atoms with Crippen LogP contribution in [0.2, 0.25) is 0 Å². The van der Waals surface area contributed by atoms with Gasteiger partial charge in [-0.2, -0.15) is 0 Å². The Labute approximate surface area is 150 Å². The highest BCUT2D eigenvalue weighted by Crippen LogP contribution is 2.29. The van der Waals surface area contributed by atoms with Gasteiger partial charge in [0.25, 0.3) is 0 Å². The summed E-state index contributed by atoms with van der Waals surface area (Å²) < 4.78 is 6.17. The maximum Gasteiger partial charge on any atom is 0.309 e. The van der Waals surface area contributed by atoms with Gasteiger partial charge in [-0.05, 0) is 35.9 Å². The molecule has 0 amide bonds. The number of esters is 1. The minimum absolute atomic E-state index is 0.0331. The predicted octanol–water partition coefficient (Wildman–Crippen LogP) is 2.67. The maximum absolute atomic E-state index is 11.8. The molecule has 0 saturated carbocycles. The van der Waals surface area contributed by atoms with E-state index in [0.29, 0.717) is 12.4 Å². The minimum atomic E-state index is -0.0607. The first kappa shape index (κ1) is 17.2. The van der Waals surface area contributed by atoms with E-state index >= 15 is 0 Å². The van der Waals surface area contributed by atoms with Gasteiger partial charge in [0.05, 0.1) is 31.2 Å². The molecule has 0 bridgehead atoms. The summed E-state index contributed by atoms with van der Waals surface area (Å²) in [4.78, 5) is 13.3. The lowest BCUT2D eigenvalue weighted by molar-refractivity contribution is -0.919. The number of benzene rings is 2. The monoisotopic (exact) mass is 392 g/mol. The Bertz CT molecular complexity index is 739. The van der Waals surface area contributed by atoms with E-state index in [9.17, 15) is 9.90 Å². The summed E-state index contributed by atoms with van der Waals surface area (Å²) >= 11 is 3.50. The second-order valence-corrected chi connectivity index (χ2v) is 7.30. The number of piperidine rings is 1. The second kappa shape index (κ2) is 7.53. The van der Waals surface area contributed by atoms with Crippen molar-refractivity contribution in [1.82, 2.24) is 0 Å². The molecule has 0 aromatic heterocycles. The van der Waals surface area contributed by atoms with E-state index in [1.165, 1.54) is 4.90 Å². The van der Waals surface area contributed by atoms with Gasteiger partial charge in [0, 0.05) is 17.3 Å². The number of phenols is 1. The predicted molar refractivity (Wildman–Crippen MR) is 97.1 cm³/mol. The molecule has 1 fully saturated rings. The third kappa shape index (κ3) is 3.73. The number of rotatable bonds is 4. The molecule has 0 radical (unpaired) electrons. The number of fused-ring (bicyclic) bond motifs is 1. The van der Waals surface area contributed by atoms with Crippen molar-refractivity contribution in [1.29, 1.82) is 0 Å². The highest BCUT2D eigenvalue weighted by Gasteiger charge is 2.29. The van der Waals surface area contributed by atoms with E-state index in [4.69, 9.17) is 4.74 Å². The van der Waals surface area contributed by atoms with Crippen LogP contribution >= 0.6 is 15.9 Å². The van der Waals surface area contributed by atoms with Crippen LogP contribution in [0.15, 0.2) is 34.8 Å². The van der Waals surface area contributed by atoms with Crippen LogP contribution < -0.4 is 4.90 Å². The standard InChI is InChI=1S/C19H22BrNO3/c1-2-24-19(23)13-7-9-21(10-8-13)12-17-16-5-4-15(20)11-14(16)3-6-18(17)22/h3-6,11,13,22H,2,7-10,12H2,1H3/p+1. The fourth-order valence-corrected chi connectivity index (χ4v) is 3.87. The van der Waals surface area contributed by atoms with Crippen LogP contribution in [-0.4, -0.2) is 30.8 Å². The van der Waals surface area contributed by atoms with Gasteiger partial charge in [0.15, 0.2) is 0 Å². The molecule has 4 nitrogen and oxygen atoms in total. The summed E-state index contributed by atoms with van der Waals surface area (Å²) in [6.45, 7) is 4.93. The number of quaternary nitrogens is 1. The normalized spacial score (nSPS) is 20.9. The number of halogens is 1. The van der Waals surface area contributed by atoms with E-state index in [1.54, 1.807) is 6.07 Å². The summed E-state index contributed by atoms with van der Waals surface area (Å²) in [6, 6.07) is 9.85. The molecule has 0 unspecified atom stereocenters. The van der Waals surface area contributed by atoms with Crippen LogP contribution in [0.4, 0.5) is 0 Å². The largest absolute Gasteiger partial charge is 0.507 e. The molecule has 0 spiro atoms. The van der Waals surface area contributed by atoms with Crippen molar-refractivity contribution in [3.8, 4) is 5.75 Å². The average Bonchev–Trinajstić information content (AvgIpc) is 2.58. The molecule has 0 aliphatic carbocycles. The number of aromatic hydroxyl groups is 1. The van der Waals surface area contributed by atoms with Crippen molar-refractivity contribution in [3.63, 3.8) is 0 Å².